The first-order valence-electron chi connectivity index (χ1n) is 7.85. The maximum absolute atomic E-state index is 14.0. The van der Waals surface area contributed by atoms with Gasteiger partial charge in [0.15, 0.2) is 0 Å². The van der Waals surface area contributed by atoms with Crippen LogP contribution in [-0.2, 0) is 6.54 Å². The van der Waals surface area contributed by atoms with Crippen LogP contribution in [0.25, 0.3) is 0 Å². The molecule has 24 heavy (non-hydrogen) atoms. The summed E-state index contributed by atoms with van der Waals surface area (Å²) in [5.74, 6) is 5.69. The number of nitrogens with one attached hydrogen (secondary N) is 1. The Morgan fingerprint density at radius 3 is 2.71 bits per heavy atom. The van der Waals surface area contributed by atoms with E-state index in [1.807, 2.05) is 24.3 Å². The summed E-state index contributed by atoms with van der Waals surface area (Å²) in [6.45, 7) is 2.58. The Kier molecular flexibility index (Phi) is 5.50. The lowest BCUT2D eigenvalue weighted by atomic mass is 10.1. The standard InChI is InChI=1S/C18H20FN3OS/c19-16-4-2-1-3-15(16)17-12-22(9-10-24-17)11-13-5-7-14(8-6-13)18(23)21-20/h1-8,17H,9-12,20H2,(H,21,23). The molecule has 2 aromatic carbocycles. The number of rotatable bonds is 4. The zero-order valence-electron chi connectivity index (χ0n) is 13.2. The Morgan fingerprint density at radius 2 is 2.00 bits per heavy atom. The highest BCUT2D eigenvalue weighted by atomic mass is 32.2. The van der Waals surface area contributed by atoms with Gasteiger partial charge in [-0.05, 0) is 23.8 Å². The molecule has 126 valence electrons. The number of thioether (sulfide) groups is 1. The quantitative estimate of drug-likeness (QED) is 0.508. The Hall–Kier alpha value is -1.89. The van der Waals surface area contributed by atoms with Crippen molar-refractivity contribution < 1.29 is 9.18 Å². The zero-order valence-corrected chi connectivity index (χ0v) is 14.1. The zero-order chi connectivity index (χ0) is 16.9. The van der Waals surface area contributed by atoms with Gasteiger partial charge < -0.3 is 0 Å². The highest BCUT2D eigenvalue weighted by Gasteiger charge is 2.23. The Labute approximate surface area is 145 Å². The molecule has 1 amide bonds. The minimum absolute atomic E-state index is 0.131. The molecule has 1 saturated heterocycles. The molecule has 0 aliphatic carbocycles. The second-order valence-electron chi connectivity index (χ2n) is 5.79. The summed E-state index contributed by atoms with van der Waals surface area (Å²) in [4.78, 5) is 13.8. The van der Waals surface area contributed by atoms with E-state index in [1.165, 1.54) is 6.07 Å². The number of carbonyl (C=O) groups excluding carboxylic acids is 1. The molecule has 1 aliphatic rings. The molecular formula is C18H20FN3OS. The van der Waals surface area contributed by atoms with Crippen molar-refractivity contribution in [3.63, 3.8) is 0 Å². The number of halogens is 1. The predicted molar refractivity (Wildman–Crippen MR) is 95.0 cm³/mol. The molecule has 1 atom stereocenters. The maximum atomic E-state index is 14.0. The van der Waals surface area contributed by atoms with E-state index in [0.717, 1.165) is 36.5 Å². The van der Waals surface area contributed by atoms with E-state index in [0.29, 0.717) is 5.56 Å². The molecule has 0 saturated carbocycles. The van der Waals surface area contributed by atoms with Crippen LogP contribution >= 0.6 is 11.8 Å². The van der Waals surface area contributed by atoms with Crippen LogP contribution in [0.4, 0.5) is 4.39 Å². The number of nitrogens with zero attached hydrogens (tertiary/aromatic N) is 1. The van der Waals surface area contributed by atoms with Gasteiger partial charge in [-0.2, -0.15) is 11.8 Å². The van der Waals surface area contributed by atoms with Gasteiger partial charge in [-0.15, -0.1) is 0 Å². The topological polar surface area (TPSA) is 58.4 Å². The lowest BCUT2D eigenvalue weighted by Gasteiger charge is -2.32. The maximum Gasteiger partial charge on any atom is 0.265 e. The van der Waals surface area contributed by atoms with Crippen molar-refractivity contribution in [2.24, 2.45) is 5.84 Å². The van der Waals surface area contributed by atoms with Crippen molar-refractivity contribution in [2.45, 2.75) is 11.8 Å². The van der Waals surface area contributed by atoms with Crippen molar-refractivity contribution in [3.8, 4) is 0 Å². The highest BCUT2D eigenvalue weighted by molar-refractivity contribution is 7.99. The van der Waals surface area contributed by atoms with E-state index in [9.17, 15) is 9.18 Å². The molecule has 1 aliphatic heterocycles. The van der Waals surface area contributed by atoms with Crippen LogP contribution < -0.4 is 11.3 Å². The van der Waals surface area contributed by atoms with Gasteiger partial charge in [-0.25, -0.2) is 10.2 Å². The van der Waals surface area contributed by atoms with Crippen LogP contribution in [0.5, 0.6) is 0 Å². The number of carbonyl (C=O) groups is 1. The second-order valence-corrected chi connectivity index (χ2v) is 7.10. The molecule has 3 N–H and O–H groups in total. The van der Waals surface area contributed by atoms with Crippen LogP contribution in [0.3, 0.4) is 0 Å². The first kappa shape index (κ1) is 17.0. The number of nitrogen functional groups attached to an aromatic ring is 1. The van der Waals surface area contributed by atoms with Crippen LogP contribution in [0.15, 0.2) is 48.5 Å². The predicted octanol–water partition coefficient (Wildman–Crippen LogP) is 2.72. The third-order valence-corrected chi connectivity index (χ3v) is 5.38. The molecule has 2 aromatic rings. The van der Waals surface area contributed by atoms with Gasteiger partial charge in [-0.3, -0.25) is 15.1 Å². The first-order chi connectivity index (χ1) is 11.7. The molecule has 3 rings (SSSR count). The van der Waals surface area contributed by atoms with Crippen LogP contribution in [0, 0.1) is 5.82 Å². The fourth-order valence-corrected chi connectivity index (χ4v) is 4.21. The van der Waals surface area contributed by atoms with Gasteiger partial charge in [-0.1, -0.05) is 30.3 Å². The van der Waals surface area contributed by atoms with E-state index >= 15 is 0 Å². The summed E-state index contributed by atoms with van der Waals surface area (Å²) in [6.07, 6.45) is 0. The monoisotopic (exact) mass is 345 g/mol. The molecule has 1 heterocycles. The number of amides is 1. The van der Waals surface area contributed by atoms with Crippen molar-refractivity contribution in [1.29, 1.82) is 0 Å². The van der Waals surface area contributed by atoms with Crippen LogP contribution in [0.2, 0.25) is 0 Å². The number of nitrogens with two attached hydrogens (primary N) is 1. The summed E-state index contributed by atoms with van der Waals surface area (Å²) >= 11 is 1.81. The number of hydrogen-bond donors (Lipinski definition) is 2. The van der Waals surface area contributed by atoms with Crippen molar-refractivity contribution in [3.05, 3.63) is 71.0 Å². The van der Waals surface area contributed by atoms with E-state index in [-0.39, 0.29) is 17.0 Å². The summed E-state index contributed by atoms with van der Waals surface area (Å²) in [7, 11) is 0. The summed E-state index contributed by atoms with van der Waals surface area (Å²) in [5, 5.41) is 0.155. The van der Waals surface area contributed by atoms with Crippen molar-refractivity contribution in [2.75, 3.05) is 18.8 Å². The SMILES string of the molecule is NNC(=O)c1ccc(CN2CCSC(c3ccccc3F)C2)cc1. The Balaban J connectivity index is 1.65. The molecule has 4 nitrogen and oxygen atoms in total. The Bertz CT molecular complexity index is 708. The lowest BCUT2D eigenvalue weighted by Crippen LogP contribution is -2.34. The lowest BCUT2D eigenvalue weighted by molar-refractivity contribution is 0.0953. The summed E-state index contributed by atoms with van der Waals surface area (Å²) in [6, 6.07) is 14.4. The van der Waals surface area contributed by atoms with E-state index in [4.69, 9.17) is 5.84 Å². The molecule has 0 spiro atoms. The molecule has 0 bridgehead atoms. The molecule has 1 unspecified atom stereocenters. The molecule has 1 fully saturated rings. The first-order valence-corrected chi connectivity index (χ1v) is 8.90. The summed E-state index contributed by atoms with van der Waals surface area (Å²) < 4.78 is 14.0. The number of hydrogen-bond acceptors (Lipinski definition) is 4. The van der Waals surface area contributed by atoms with E-state index < -0.39 is 0 Å². The van der Waals surface area contributed by atoms with Gasteiger partial charge >= 0.3 is 0 Å². The van der Waals surface area contributed by atoms with Gasteiger partial charge in [0.2, 0.25) is 0 Å². The number of benzene rings is 2. The molecule has 6 heteroatoms. The van der Waals surface area contributed by atoms with Crippen LogP contribution in [-0.4, -0.2) is 29.6 Å². The smallest absolute Gasteiger partial charge is 0.265 e. The average molecular weight is 345 g/mol. The molecule has 0 radical (unpaired) electrons. The normalized spacial score (nSPS) is 18.3. The largest absolute Gasteiger partial charge is 0.297 e. The fraction of sp³-hybridized carbons (Fsp3) is 0.278. The van der Waals surface area contributed by atoms with Gasteiger partial charge in [0.1, 0.15) is 5.82 Å². The summed E-state index contributed by atoms with van der Waals surface area (Å²) in [5.41, 5.74) is 4.57. The van der Waals surface area contributed by atoms with Gasteiger partial charge in [0.05, 0.1) is 0 Å². The van der Waals surface area contributed by atoms with E-state index in [2.05, 4.69) is 10.3 Å². The van der Waals surface area contributed by atoms with Crippen molar-refractivity contribution >= 4 is 17.7 Å². The Morgan fingerprint density at radius 1 is 1.25 bits per heavy atom. The van der Waals surface area contributed by atoms with Gasteiger partial charge in [0.25, 0.3) is 5.91 Å². The highest BCUT2D eigenvalue weighted by Crippen LogP contribution is 2.34. The van der Waals surface area contributed by atoms with Crippen molar-refractivity contribution in [1.82, 2.24) is 10.3 Å². The third kappa shape index (κ3) is 3.95. The fourth-order valence-electron chi connectivity index (χ4n) is 2.87. The molecular weight excluding hydrogens is 325 g/mol. The minimum atomic E-state index is -0.296. The third-order valence-electron chi connectivity index (χ3n) is 4.16. The number of hydrazine groups is 1. The molecule has 0 aromatic heterocycles. The van der Waals surface area contributed by atoms with E-state index in [1.54, 1.807) is 30.0 Å². The van der Waals surface area contributed by atoms with Crippen LogP contribution in [0.1, 0.15) is 26.7 Å². The second kappa shape index (κ2) is 7.79. The minimum Gasteiger partial charge on any atom is -0.297 e. The van der Waals surface area contributed by atoms with Gasteiger partial charge in [0, 0.05) is 41.8 Å². The average Bonchev–Trinajstić information content (AvgIpc) is 2.62.